The lowest BCUT2D eigenvalue weighted by Crippen LogP contribution is -2.37. The summed E-state index contributed by atoms with van der Waals surface area (Å²) in [5.74, 6) is -12.3. The quantitative estimate of drug-likeness (QED) is 0.0426. The van der Waals surface area contributed by atoms with Crippen molar-refractivity contribution in [2.75, 3.05) is 30.0 Å². The van der Waals surface area contributed by atoms with E-state index in [1.54, 1.807) is 0 Å². The first kappa shape index (κ1) is 57.3. The maximum Gasteiger partial charge on any atom is 0.469 e. The Hall–Kier alpha value is -5.39. The number of carbonyl (C=O) groups is 2. The molecule has 5 aromatic rings. The SMILES string of the molecule is C[C@@H]1C2c3c(C(F)(F)F)nn(CC(=O)N[C@@H](Cc4cc(F)cc(F)c4)c4nc(CCC(C)(C)S(C)(=O)=O)ccc4-c4ccc(Cl)c5c(N(C(=O)OCCOP(=O)(O)O)S(C)(=O)=O)nn(CC(F)(F)F)c45)c3C(F)(F)[C@@H]21. The number of phosphoric ester groups is 1. The molecule has 4 atom stereocenters. The van der Waals surface area contributed by atoms with Gasteiger partial charge in [0, 0.05) is 46.5 Å². The second-order valence-corrected chi connectivity index (χ2v) is 24.7. The molecule has 1 unspecified atom stereocenters. The average molecular weight is 1150 g/mol. The molecule has 0 radical (unpaired) electrons. The monoisotopic (exact) mass is 1150 g/mol. The van der Waals surface area contributed by atoms with Crippen molar-refractivity contribution in [2.24, 2.45) is 11.8 Å². The van der Waals surface area contributed by atoms with Crippen molar-refractivity contribution in [3.8, 4) is 11.1 Å². The van der Waals surface area contributed by atoms with Gasteiger partial charge in [0.05, 0.1) is 45.3 Å². The minimum absolute atomic E-state index is 0.00581. The molecule has 7 rings (SSSR count). The number of carbonyl (C=O) groups excluding carboxylic acids is 2. The van der Waals surface area contributed by atoms with Gasteiger partial charge in [-0.15, -0.1) is 0 Å². The Morgan fingerprint density at radius 2 is 1.57 bits per heavy atom. The van der Waals surface area contributed by atoms with Gasteiger partial charge in [0.15, 0.2) is 21.3 Å². The average Bonchev–Trinajstić information content (AvgIpc) is 3.45. The number of phosphoric acid groups is 1. The molecule has 0 spiro atoms. The molecule has 0 bridgehead atoms. The minimum Gasteiger partial charge on any atom is -0.446 e. The number of fused-ring (bicyclic) bond motifs is 4. The zero-order chi connectivity index (χ0) is 55.9. The first-order chi connectivity index (χ1) is 34.3. The Morgan fingerprint density at radius 3 is 2.15 bits per heavy atom. The molecule has 0 saturated heterocycles. The zero-order valence-electron chi connectivity index (χ0n) is 39.5. The van der Waals surface area contributed by atoms with Crippen molar-refractivity contribution >= 4 is 68.0 Å². The molecule has 18 nitrogen and oxygen atoms in total. The highest BCUT2D eigenvalue weighted by Gasteiger charge is 2.72. The molecule has 75 heavy (non-hydrogen) atoms. The molecule has 0 aliphatic heterocycles. The third-order valence-corrected chi connectivity index (χ3v) is 16.7. The Labute approximate surface area is 424 Å². The van der Waals surface area contributed by atoms with Crippen molar-refractivity contribution < 1.29 is 93.9 Å². The number of rotatable bonds is 18. The lowest BCUT2D eigenvalue weighted by molar-refractivity contribution is -0.143. The van der Waals surface area contributed by atoms with Gasteiger partial charge in [0.2, 0.25) is 15.9 Å². The number of sulfone groups is 1. The van der Waals surface area contributed by atoms with Gasteiger partial charge in [-0.2, -0.15) is 49.6 Å². The van der Waals surface area contributed by atoms with Gasteiger partial charge in [-0.1, -0.05) is 30.7 Å². The van der Waals surface area contributed by atoms with Crippen LogP contribution in [-0.2, 0) is 76.5 Å². The van der Waals surface area contributed by atoms with Crippen LogP contribution in [0.1, 0.15) is 73.1 Å². The molecule has 2 aromatic carbocycles. The summed E-state index contributed by atoms with van der Waals surface area (Å²) in [5, 5.41) is 8.40. The highest BCUT2D eigenvalue weighted by molar-refractivity contribution is 7.92. The second kappa shape index (κ2) is 19.9. The molecule has 32 heteroatoms. The molecular weight excluding hydrogens is 1110 g/mol. The third-order valence-electron chi connectivity index (χ3n) is 12.7. The summed E-state index contributed by atoms with van der Waals surface area (Å²) in [6.07, 6.45) is -12.0. The molecule has 1 saturated carbocycles. The standard InChI is InChI=1S/C43H43ClF10N7O11PS2/c1-20-30-32-36(43(52,53)54)57-59(37(32)42(50,51)33(20)30)18-29(62)56-28(16-21-14-22(45)17-23(46)15-21)34-25(7-6-24(55-34)10-11-40(2,3)74(4,67)68)26-8-9-27(44)31-35(26)60(19-41(47,48)49)58-38(31)61(75(5,69)70)39(63)71-12-13-72-73(64,65)66/h6-9,14-15,17,20,28,30,33H,10-13,16,18-19H2,1-5H3,(H,56,62)(H2,64,65,66)/t20-,28+,30?,33-/m1/s1. The van der Waals surface area contributed by atoms with E-state index in [4.69, 9.17) is 26.1 Å². The van der Waals surface area contributed by atoms with E-state index in [0.717, 1.165) is 30.5 Å². The highest BCUT2D eigenvalue weighted by atomic mass is 35.5. The fourth-order valence-electron chi connectivity index (χ4n) is 9.03. The number of aryl methyl sites for hydroxylation is 1. The van der Waals surface area contributed by atoms with E-state index in [1.165, 1.54) is 32.9 Å². The van der Waals surface area contributed by atoms with Crippen molar-refractivity contribution in [2.45, 2.75) is 88.1 Å². The highest BCUT2D eigenvalue weighted by Crippen LogP contribution is 2.72. The topological polar surface area (TPSA) is 242 Å². The van der Waals surface area contributed by atoms with Gasteiger partial charge >= 0.3 is 26.3 Å². The van der Waals surface area contributed by atoms with Gasteiger partial charge in [-0.05, 0) is 68.9 Å². The first-order valence-electron chi connectivity index (χ1n) is 21.9. The summed E-state index contributed by atoms with van der Waals surface area (Å²) >= 11 is 6.58. The Morgan fingerprint density at radius 1 is 0.947 bits per heavy atom. The van der Waals surface area contributed by atoms with Gasteiger partial charge in [-0.25, -0.2) is 35.0 Å². The molecule has 3 N–H and O–H groups in total. The summed E-state index contributed by atoms with van der Waals surface area (Å²) in [5.41, 5.74) is -5.73. The van der Waals surface area contributed by atoms with E-state index in [1.807, 2.05) is 0 Å². The predicted molar refractivity (Wildman–Crippen MR) is 245 cm³/mol. The number of hydrogen-bond acceptors (Lipinski definition) is 12. The van der Waals surface area contributed by atoms with Crippen LogP contribution >= 0.6 is 19.4 Å². The number of hydrogen-bond donors (Lipinski definition) is 3. The smallest absolute Gasteiger partial charge is 0.446 e. The fourth-order valence-corrected chi connectivity index (χ4v) is 10.8. The molecule has 2 aliphatic carbocycles. The number of halogens is 11. The van der Waals surface area contributed by atoms with Crippen LogP contribution < -0.4 is 9.62 Å². The summed E-state index contributed by atoms with van der Waals surface area (Å²) in [4.78, 5) is 50.3. The Balaban J connectivity index is 1.44. The number of ether oxygens (including phenoxy) is 1. The lowest BCUT2D eigenvalue weighted by Gasteiger charge is -2.25. The summed E-state index contributed by atoms with van der Waals surface area (Å²) in [6, 6.07) is 4.81. The number of sulfonamides is 1. The van der Waals surface area contributed by atoms with Crippen LogP contribution in [0.3, 0.4) is 0 Å². The zero-order valence-corrected chi connectivity index (χ0v) is 42.8. The Bertz CT molecular complexity index is 3370. The van der Waals surface area contributed by atoms with E-state index in [2.05, 4.69) is 25.0 Å². The largest absolute Gasteiger partial charge is 0.469 e. The number of pyridine rings is 1. The Kier molecular flexibility index (Phi) is 15.2. The van der Waals surface area contributed by atoms with Crippen LogP contribution in [0.4, 0.5) is 54.5 Å². The summed E-state index contributed by atoms with van der Waals surface area (Å²) < 4.78 is 219. The normalized spacial score (nSPS) is 18.2. The van der Waals surface area contributed by atoms with E-state index in [0.29, 0.717) is 12.3 Å². The maximum absolute atomic E-state index is 15.8. The number of anilines is 1. The van der Waals surface area contributed by atoms with E-state index < -0.39 is 181 Å². The summed E-state index contributed by atoms with van der Waals surface area (Å²) in [6.45, 7) is -1.32. The van der Waals surface area contributed by atoms with Gasteiger partial charge in [0.1, 0.15) is 37.0 Å². The minimum atomic E-state index is -5.25. The van der Waals surface area contributed by atoms with Gasteiger partial charge in [0.25, 0.3) is 5.92 Å². The van der Waals surface area contributed by atoms with E-state index in [-0.39, 0.29) is 43.3 Å². The van der Waals surface area contributed by atoms with E-state index >= 15 is 8.78 Å². The summed E-state index contributed by atoms with van der Waals surface area (Å²) in [7, 11) is -13.9. The molecule has 410 valence electrons. The predicted octanol–water partition coefficient (Wildman–Crippen LogP) is 8.13. The number of nitrogens with one attached hydrogen (secondary N) is 1. The van der Waals surface area contributed by atoms with Crippen LogP contribution in [0.2, 0.25) is 5.02 Å². The van der Waals surface area contributed by atoms with Gasteiger partial charge in [-0.3, -0.25) is 23.7 Å². The van der Waals surface area contributed by atoms with Crippen LogP contribution in [0.25, 0.3) is 22.0 Å². The maximum atomic E-state index is 15.8. The molecule has 2 aliphatic rings. The number of nitrogens with zero attached hydrogens (tertiary/aromatic N) is 6. The molecule has 2 amide bonds. The van der Waals surface area contributed by atoms with Crippen LogP contribution in [0.5, 0.6) is 0 Å². The number of alkyl halides is 8. The van der Waals surface area contributed by atoms with Crippen LogP contribution in [0.15, 0.2) is 42.5 Å². The van der Waals surface area contributed by atoms with Crippen molar-refractivity contribution in [1.82, 2.24) is 29.9 Å². The van der Waals surface area contributed by atoms with Crippen molar-refractivity contribution in [3.63, 3.8) is 0 Å². The fraction of sp³-hybridized carbons (Fsp3) is 0.465. The number of amides is 2. The van der Waals surface area contributed by atoms with Crippen molar-refractivity contribution in [1.29, 1.82) is 0 Å². The molecule has 3 aromatic heterocycles. The van der Waals surface area contributed by atoms with Crippen LogP contribution in [-0.4, -0.2) is 99.8 Å². The first-order valence-corrected chi connectivity index (χ1v) is 27.6. The molecule has 1 fully saturated rings. The lowest BCUT2D eigenvalue weighted by atomic mass is 9.93. The number of benzene rings is 2. The van der Waals surface area contributed by atoms with E-state index in [9.17, 15) is 66.1 Å². The molecular formula is C43H43ClF10N7O11PS2. The molecule has 3 heterocycles. The number of aromatic nitrogens is 5. The third kappa shape index (κ3) is 12.1. The van der Waals surface area contributed by atoms with Gasteiger partial charge < -0.3 is 19.8 Å². The van der Waals surface area contributed by atoms with Crippen LogP contribution in [0, 0.1) is 23.5 Å². The second-order valence-electron chi connectivity index (χ2n) is 18.5. The van der Waals surface area contributed by atoms with Crippen molar-refractivity contribution in [3.05, 3.63) is 93.0 Å².